The normalized spacial score (nSPS) is 11.1. The van der Waals surface area contributed by atoms with Crippen LogP contribution in [0.4, 0.5) is 5.69 Å². The molecule has 0 aromatic heterocycles. The largest absolute Gasteiger partial charge is 0.355 e. The molecule has 0 atom stereocenters. The van der Waals surface area contributed by atoms with Gasteiger partial charge in [0.2, 0.25) is 15.9 Å². The molecule has 0 spiro atoms. The maximum atomic E-state index is 12.2. The molecule has 138 valence electrons. The van der Waals surface area contributed by atoms with E-state index in [0.29, 0.717) is 0 Å². The van der Waals surface area contributed by atoms with Gasteiger partial charge in [0, 0.05) is 24.2 Å². The lowest BCUT2D eigenvalue weighted by molar-refractivity contribution is -0.387. The highest BCUT2D eigenvalue weighted by atomic mass is 35.5. The van der Waals surface area contributed by atoms with Gasteiger partial charge in [-0.3, -0.25) is 14.9 Å². The number of hydrogen-bond donors (Lipinski definition) is 2. The third-order valence-electron chi connectivity index (χ3n) is 3.35. The molecule has 0 heterocycles. The maximum absolute atomic E-state index is 12.2. The molecule has 0 fully saturated rings. The number of nitro groups is 1. The second-order valence-corrected chi connectivity index (χ2v) is 7.45. The summed E-state index contributed by atoms with van der Waals surface area (Å²) in [5, 5.41) is 13.7. The zero-order chi connectivity index (χ0) is 19.2. The zero-order valence-corrected chi connectivity index (χ0v) is 15.1. The van der Waals surface area contributed by atoms with Crippen LogP contribution in [-0.2, 0) is 21.2 Å². The molecule has 2 aromatic rings. The van der Waals surface area contributed by atoms with Gasteiger partial charge >= 0.3 is 0 Å². The van der Waals surface area contributed by atoms with Crippen molar-refractivity contribution in [1.29, 1.82) is 0 Å². The number of carbonyl (C=O) groups is 1. The van der Waals surface area contributed by atoms with E-state index < -0.39 is 25.5 Å². The number of nitrogens with zero attached hydrogens (tertiary/aromatic N) is 1. The molecule has 0 aliphatic carbocycles. The number of nitro benzene ring substituents is 1. The van der Waals surface area contributed by atoms with Gasteiger partial charge in [-0.15, -0.1) is 0 Å². The lowest BCUT2D eigenvalue weighted by atomic mass is 10.1. The van der Waals surface area contributed by atoms with Crippen LogP contribution in [0.3, 0.4) is 0 Å². The monoisotopic (exact) mass is 397 g/mol. The number of nitrogens with one attached hydrogen (secondary N) is 2. The number of carbonyl (C=O) groups excluding carboxylic acids is 1. The summed E-state index contributed by atoms with van der Waals surface area (Å²) in [6, 6.07) is 12.4. The third kappa shape index (κ3) is 5.51. The van der Waals surface area contributed by atoms with Crippen LogP contribution < -0.4 is 10.0 Å². The van der Waals surface area contributed by atoms with E-state index in [1.54, 1.807) is 0 Å². The smallest absolute Gasteiger partial charge is 0.290 e. The third-order valence-corrected chi connectivity index (χ3v) is 5.10. The first-order valence-electron chi connectivity index (χ1n) is 7.54. The number of amides is 1. The Hall–Kier alpha value is -2.49. The minimum Gasteiger partial charge on any atom is -0.355 e. The van der Waals surface area contributed by atoms with Gasteiger partial charge in [0.1, 0.15) is 0 Å². The summed E-state index contributed by atoms with van der Waals surface area (Å²) in [6.45, 7) is -0.0606. The quantitative estimate of drug-likeness (QED) is 0.400. The van der Waals surface area contributed by atoms with Gasteiger partial charge in [-0.05, 0) is 17.7 Å². The van der Waals surface area contributed by atoms with Crippen molar-refractivity contribution in [2.45, 2.75) is 11.3 Å². The van der Waals surface area contributed by atoms with E-state index in [2.05, 4.69) is 10.0 Å². The van der Waals surface area contributed by atoms with E-state index in [-0.39, 0.29) is 30.4 Å². The molecule has 0 radical (unpaired) electrons. The van der Waals surface area contributed by atoms with Crippen molar-refractivity contribution < 1.29 is 18.1 Å². The predicted octanol–water partition coefficient (Wildman–Crippen LogP) is 1.89. The first-order chi connectivity index (χ1) is 12.3. The Morgan fingerprint density at radius 1 is 1.12 bits per heavy atom. The van der Waals surface area contributed by atoms with E-state index >= 15 is 0 Å². The molecule has 0 aliphatic heterocycles. The van der Waals surface area contributed by atoms with E-state index in [1.165, 1.54) is 6.07 Å². The maximum Gasteiger partial charge on any atom is 0.290 e. The topological polar surface area (TPSA) is 118 Å². The minimum atomic E-state index is -4.11. The summed E-state index contributed by atoms with van der Waals surface area (Å²) in [6.07, 6.45) is 0.177. The van der Waals surface area contributed by atoms with Gasteiger partial charge in [0.25, 0.3) is 5.69 Å². The summed E-state index contributed by atoms with van der Waals surface area (Å²) in [5.74, 6) is -0.257. The number of benzene rings is 2. The lowest BCUT2D eigenvalue weighted by Crippen LogP contribution is -2.35. The van der Waals surface area contributed by atoms with Gasteiger partial charge < -0.3 is 5.32 Å². The van der Waals surface area contributed by atoms with Crippen molar-refractivity contribution in [2.75, 3.05) is 13.1 Å². The summed E-state index contributed by atoms with van der Waals surface area (Å²) < 4.78 is 26.7. The van der Waals surface area contributed by atoms with Crippen LogP contribution in [0.5, 0.6) is 0 Å². The molecule has 10 heteroatoms. The van der Waals surface area contributed by atoms with Crippen molar-refractivity contribution in [3.63, 3.8) is 0 Å². The highest BCUT2D eigenvalue weighted by Gasteiger charge is 2.25. The Morgan fingerprint density at radius 3 is 2.46 bits per heavy atom. The lowest BCUT2D eigenvalue weighted by Gasteiger charge is -2.09. The molecule has 8 nitrogen and oxygen atoms in total. The summed E-state index contributed by atoms with van der Waals surface area (Å²) in [7, 11) is -4.11. The molecule has 0 saturated carbocycles. The first-order valence-corrected chi connectivity index (χ1v) is 9.40. The van der Waals surface area contributed by atoms with E-state index in [9.17, 15) is 23.3 Å². The Labute approximate surface area is 155 Å². The predicted molar refractivity (Wildman–Crippen MR) is 96.5 cm³/mol. The number of halogens is 1. The summed E-state index contributed by atoms with van der Waals surface area (Å²) >= 11 is 5.67. The molecular weight excluding hydrogens is 382 g/mol. The van der Waals surface area contributed by atoms with Gasteiger partial charge in [0.05, 0.1) is 11.3 Å². The Balaban J connectivity index is 1.91. The Kier molecular flexibility index (Phi) is 6.67. The molecule has 0 bridgehead atoms. The van der Waals surface area contributed by atoms with Crippen molar-refractivity contribution >= 4 is 33.2 Å². The summed E-state index contributed by atoms with van der Waals surface area (Å²) in [4.78, 5) is 21.5. The van der Waals surface area contributed by atoms with Crippen LogP contribution in [0.1, 0.15) is 5.56 Å². The second kappa shape index (κ2) is 8.75. The fourth-order valence-corrected chi connectivity index (χ4v) is 3.52. The molecule has 1 amide bonds. The van der Waals surface area contributed by atoms with Gasteiger partial charge in [-0.2, -0.15) is 0 Å². The molecule has 0 unspecified atom stereocenters. The molecule has 2 N–H and O–H groups in total. The van der Waals surface area contributed by atoms with Crippen LogP contribution in [0.25, 0.3) is 0 Å². The SMILES string of the molecule is O=C(Cc1ccccc1)NCCNS(=O)(=O)c1ccc(Cl)cc1[N+](=O)[O-]. The van der Waals surface area contributed by atoms with Crippen molar-refractivity contribution in [3.05, 3.63) is 69.2 Å². The Morgan fingerprint density at radius 2 is 1.81 bits per heavy atom. The first kappa shape index (κ1) is 19.8. The Bertz CT molecular complexity index is 903. The van der Waals surface area contributed by atoms with Crippen molar-refractivity contribution in [3.8, 4) is 0 Å². The van der Waals surface area contributed by atoms with E-state index in [1.807, 2.05) is 30.3 Å². The number of sulfonamides is 1. The van der Waals surface area contributed by atoms with E-state index in [4.69, 9.17) is 11.6 Å². The van der Waals surface area contributed by atoms with Crippen LogP contribution in [0, 0.1) is 10.1 Å². The molecule has 2 aromatic carbocycles. The second-order valence-electron chi connectivity index (χ2n) is 5.28. The number of rotatable bonds is 8. The van der Waals surface area contributed by atoms with Gasteiger partial charge in [-0.1, -0.05) is 41.9 Å². The number of hydrogen-bond acceptors (Lipinski definition) is 5. The van der Waals surface area contributed by atoms with Crippen LogP contribution in [0.2, 0.25) is 5.02 Å². The van der Waals surface area contributed by atoms with Crippen LogP contribution in [0.15, 0.2) is 53.4 Å². The fraction of sp³-hybridized carbons (Fsp3) is 0.188. The standard InChI is InChI=1S/C16H16ClN3O5S/c17-13-6-7-15(14(11-13)20(22)23)26(24,25)19-9-8-18-16(21)10-12-4-2-1-3-5-12/h1-7,11,19H,8-10H2,(H,18,21). The average Bonchev–Trinajstić information content (AvgIpc) is 2.59. The van der Waals surface area contributed by atoms with Gasteiger partial charge in [0.15, 0.2) is 4.90 Å². The minimum absolute atomic E-state index is 0.0479. The van der Waals surface area contributed by atoms with Crippen molar-refractivity contribution in [2.24, 2.45) is 0 Å². The van der Waals surface area contributed by atoms with E-state index in [0.717, 1.165) is 17.7 Å². The average molecular weight is 398 g/mol. The van der Waals surface area contributed by atoms with Gasteiger partial charge in [-0.25, -0.2) is 13.1 Å². The highest BCUT2D eigenvalue weighted by molar-refractivity contribution is 7.89. The molecule has 0 aliphatic rings. The molecular formula is C16H16ClN3O5S. The van der Waals surface area contributed by atoms with Crippen LogP contribution in [-0.4, -0.2) is 32.3 Å². The molecule has 2 rings (SSSR count). The summed E-state index contributed by atoms with van der Waals surface area (Å²) in [5.41, 5.74) is 0.223. The molecule has 26 heavy (non-hydrogen) atoms. The van der Waals surface area contributed by atoms with Crippen molar-refractivity contribution in [1.82, 2.24) is 10.0 Å². The van der Waals surface area contributed by atoms with Crippen LogP contribution >= 0.6 is 11.6 Å². The molecule has 0 saturated heterocycles. The zero-order valence-electron chi connectivity index (χ0n) is 13.5. The fourth-order valence-electron chi connectivity index (χ4n) is 2.17. The highest BCUT2D eigenvalue weighted by Crippen LogP contribution is 2.26.